The standard InChI is InChI=1S/C23H29N3O2/c27-21-15-19(24-22(26-21)17-12-7-13-17)14-20(16-8-3-1-4-9-16)25-23(28)18-10-5-2-6-11-18/h1,3-4,8-9,15,17-18,20H,2,5-7,10-14H2,(H,25,28)(H,24,26,27). The van der Waals surface area contributed by atoms with Crippen molar-refractivity contribution in [2.24, 2.45) is 5.92 Å². The molecule has 28 heavy (non-hydrogen) atoms. The molecule has 0 bridgehead atoms. The highest BCUT2D eigenvalue weighted by atomic mass is 16.2. The van der Waals surface area contributed by atoms with Gasteiger partial charge in [0.2, 0.25) is 5.91 Å². The third-order valence-electron chi connectivity index (χ3n) is 6.21. The number of hydrogen-bond acceptors (Lipinski definition) is 3. The maximum absolute atomic E-state index is 12.9. The summed E-state index contributed by atoms with van der Waals surface area (Å²) in [6.07, 6.45) is 9.36. The van der Waals surface area contributed by atoms with Crippen molar-refractivity contribution in [3.05, 3.63) is 63.8 Å². The van der Waals surface area contributed by atoms with Crippen molar-refractivity contribution in [2.45, 2.75) is 69.7 Å². The summed E-state index contributed by atoms with van der Waals surface area (Å²) >= 11 is 0. The van der Waals surface area contributed by atoms with E-state index < -0.39 is 0 Å². The van der Waals surface area contributed by atoms with Gasteiger partial charge in [0.25, 0.3) is 5.56 Å². The molecule has 148 valence electrons. The van der Waals surface area contributed by atoms with E-state index in [-0.39, 0.29) is 23.4 Å². The van der Waals surface area contributed by atoms with Gasteiger partial charge >= 0.3 is 0 Å². The van der Waals surface area contributed by atoms with Crippen LogP contribution < -0.4 is 10.9 Å². The lowest BCUT2D eigenvalue weighted by Crippen LogP contribution is -2.36. The molecular weight excluding hydrogens is 350 g/mol. The molecule has 0 radical (unpaired) electrons. The van der Waals surface area contributed by atoms with Crippen LogP contribution in [-0.4, -0.2) is 15.9 Å². The topological polar surface area (TPSA) is 74.8 Å². The van der Waals surface area contributed by atoms with E-state index in [9.17, 15) is 9.59 Å². The van der Waals surface area contributed by atoms with Crippen LogP contribution in [0.3, 0.4) is 0 Å². The van der Waals surface area contributed by atoms with Crippen LogP contribution in [0.15, 0.2) is 41.2 Å². The predicted molar refractivity (Wildman–Crippen MR) is 109 cm³/mol. The van der Waals surface area contributed by atoms with E-state index in [4.69, 9.17) is 4.98 Å². The van der Waals surface area contributed by atoms with E-state index in [1.165, 1.54) is 12.8 Å². The maximum Gasteiger partial charge on any atom is 0.251 e. The third-order valence-corrected chi connectivity index (χ3v) is 6.21. The minimum atomic E-state index is -0.167. The van der Waals surface area contributed by atoms with Crippen molar-refractivity contribution in [3.8, 4) is 0 Å². The summed E-state index contributed by atoms with van der Waals surface area (Å²) in [6.45, 7) is 0. The Kier molecular flexibility index (Phi) is 5.89. The van der Waals surface area contributed by atoms with Gasteiger partial charge in [0.15, 0.2) is 0 Å². The molecule has 5 heteroatoms. The SMILES string of the molecule is O=C(NC(Cc1cc(=O)[nH]c(C2CCC2)n1)c1ccccc1)C1CCCCC1. The van der Waals surface area contributed by atoms with Crippen molar-refractivity contribution >= 4 is 5.91 Å². The number of nitrogens with zero attached hydrogens (tertiary/aromatic N) is 1. The van der Waals surface area contributed by atoms with E-state index >= 15 is 0 Å². The zero-order chi connectivity index (χ0) is 19.3. The smallest absolute Gasteiger partial charge is 0.251 e. The molecular formula is C23H29N3O2. The third kappa shape index (κ3) is 4.51. The van der Waals surface area contributed by atoms with Crippen LogP contribution in [0, 0.1) is 5.92 Å². The van der Waals surface area contributed by atoms with Crippen LogP contribution >= 0.6 is 0 Å². The van der Waals surface area contributed by atoms with Crippen molar-refractivity contribution in [1.82, 2.24) is 15.3 Å². The van der Waals surface area contributed by atoms with Gasteiger partial charge in [-0.05, 0) is 31.2 Å². The van der Waals surface area contributed by atoms with Crippen molar-refractivity contribution < 1.29 is 4.79 Å². The zero-order valence-electron chi connectivity index (χ0n) is 16.3. The summed E-state index contributed by atoms with van der Waals surface area (Å²) in [5, 5.41) is 3.26. The molecule has 1 atom stereocenters. The van der Waals surface area contributed by atoms with Crippen molar-refractivity contribution in [1.29, 1.82) is 0 Å². The molecule has 5 nitrogen and oxygen atoms in total. The molecule has 0 spiro atoms. The second-order valence-corrected chi connectivity index (χ2v) is 8.26. The highest BCUT2D eigenvalue weighted by Crippen LogP contribution is 2.34. The van der Waals surface area contributed by atoms with Gasteiger partial charge < -0.3 is 10.3 Å². The number of hydrogen-bond donors (Lipinski definition) is 2. The van der Waals surface area contributed by atoms with Gasteiger partial charge in [-0.25, -0.2) is 4.98 Å². The number of aromatic nitrogens is 2. The monoisotopic (exact) mass is 379 g/mol. The Labute approximate surface area is 166 Å². The van der Waals surface area contributed by atoms with E-state index in [0.717, 1.165) is 55.6 Å². The fraction of sp³-hybridized carbons (Fsp3) is 0.522. The summed E-state index contributed by atoms with van der Waals surface area (Å²) < 4.78 is 0. The first kappa shape index (κ1) is 18.9. The lowest BCUT2D eigenvalue weighted by atomic mass is 9.85. The molecule has 2 N–H and O–H groups in total. The van der Waals surface area contributed by atoms with Gasteiger partial charge in [-0.3, -0.25) is 9.59 Å². The van der Waals surface area contributed by atoms with Gasteiger partial charge in [-0.1, -0.05) is 56.0 Å². The fourth-order valence-electron chi connectivity index (χ4n) is 4.31. The molecule has 1 amide bonds. The average Bonchev–Trinajstić information content (AvgIpc) is 2.67. The quantitative estimate of drug-likeness (QED) is 0.796. The Balaban J connectivity index is 1.55. The molecule has 2 aromatic rings. The first-order valence-corrected chi connectivity index (χ1v) is 10.6. The Hall–Kier alpha value is -2.43. The lowest BCUT2D eigenvalue weighted by molar-refractivity contribution is -0.126. The first-order chi connectivity index (χ1) is 13.7. The number of aromatic amines is 1. The van der Waals surface area contributed by atoms with Gasteiger partial charge in [-0.2, -0.15) is 0 Å². The largest absolute Gasteiger partial charge is 0.349 e. The van der Waals surface area contributed by atoms with Gasteiger partial charge in [0.05, 0.1) is 11.7 Å². The summed E-state index contributed by atoms with van der Waals surface area (Å²) in [7, 11) is 0. The van der Waals surface area contributed by atoms with Crippen LogP contribution in [-0.2, 0) is 11.2 Å². The van der Waals surface area contributed by atoms with Crippen LogP contribution in [0.4, 0.5) is 0 Å². The molecule has 1 aromatic heterocycles. The molecule has 1 aromatic carbocycles. The Morgan fingerprint density at radius 1 is 1.07 bits per heavy atom. The maximum atomic E-state index is 12.9. The minimum absolute atomic E-state index is 0.0997. The number of H-pyrrole nitrogens is 1. The molecule has 2 saturated carbocycles. The lowest BCUT2D eigenvalue weighted by Gasteiger charge is -2.26. The second-order valence-electron chi connectivity index (χ2n) is 8.26. The van der Waals surface area contributed by atoms with Gasteiger partial charge in [0.1, 0.15) is 5.82 Å². The average molecular weight is 380 g/mol. The molecule has 1 unspecified atom stereocenters. The van der Waals surface area contributed by atoms with E-state index in [2.05, 4.69) is 10.3 Å². The molecule has 0 aliphatic heterocycles. The summed E-state index contributed by atoms with van der Waals surface area (Å²) in [5.74, 6) is 1.43. The number of carbonyl (C=O) groups excluding carboxylic acids is 1. The summed E-state index contributed by atoms with van der Waals surface area (Å²) in [5.41, 5.74) is 1.71. The molecule has 2 fully saturated rings. The number of amides is 1. The van der Waals surface area contributed by atoms with Crippen LogP contribution in [0.5, 0.6) is 0 Å². The molecule has 1 heterocycles. The van der Waals surface area contributed by atoms with Crippen LogP contribution in [0.1, 0.15) is 80.4 Å². The Morgan fingerprint density at radius 2 is 1.82 bits per heavy atom. The number of nitrogens with one attached hydrogen (secondary N) is 2. The summed E-state index contributed by atoms with van der Waals surface area (Å²) in [4.78, 5) is 32.7. The molecule has 2 aliphatic carbocycles. The van der Waals surface area contributed by atoms with Gasteiger partial charge in [-0.15, -0.1) is 0 Å². The molecule has 4 rings (SSSR count). The molecule has 2 aliphatic rings. The minimum Gasteiger partial charge on any atom is -0.349 e. The number of benzene rings is 1. The Morgan fingerprint density at radius 3 is 2.50 bits per heavy atom. The fourth-order valence-corrected chi connectivity index (χ4v) is 4.31. The van der Waals surface area contributed by atoms with E-state index in [1.807, 2.05) is 30.3 Å². The van der Waals surface area contributed by atoms with E-state index in [1.54, 1.807) is 6.07 Å². The predicted octanol–water partition coefficient (Wildman–Crippen LogP) is 4.02. The normalized spacial score (nSPS) is 19.0. The van der Waals surface area contributed by atoms with Crippen molar-refractivity contribution in [3.63, 3.8) is 0 Å². The van der Waals surface area contributed by atoms with Gasteiger partial charge in [0, 0.05) is 24.3 Å². The number of rotatable bonds is 6. The van der Waals surface area contributed by atoms with Crippen LogP contribution in [0.25, 0.3) is 0 Å². The summed E-state index contributed by atoms with van der Waals surface area (Å²) in [6, 6.07) is 11.4. The molecule has 0 saturated heterocycles. The van der Waals surface area contributed by atoms with Crippen LogP contribution in [0.2, 0.25) is 0 Å². The van der Waals surface area contributed by atoms with E-state index in [0.29, 0.717) is 12.3 Å². The zero-order valence-corrected chi connectivity index (χ0v) is 16.3. The second kappa shape index (κ2) is 8.72. The van der Waals surface area contributed by atoms with Crippen molar-refractivity contribution in [2.75, 3.05) is 0 Å². The Bertz CT molecular complexity index is 852. The first-order valence-electron chi connectivity index (χ1n) is 10.6. The highest BCUT2D eigenvalue weighted by Gasteiger charge is 2.26. The highest BCUT2D eigenvalue weighted by molar-refractivity contribution is 5.79. The number of carbonyl (C=O) groups is 1.